The lowest BCUT2D eigenvalue weighted by Crippen LogP contribution is -2.27. The molecule has 1 aliphatic heterocycles. The van der Waals surface area contributed by atoms with Crippen LogP contribution in [-0.2, 0) is 33.8 Å². The quantitative estimate of drug-likeness (QED) is 0.715. The molecule has 1 unspecified atom stereocenters. The number of hydrogen-bond acceptors (Lipinski definition) is 6. The molecule has 0 saturated heterocycles. The summed E-state index contributed by atoms with van der Waals surface area (Å²) in [6.45, 7) is 3.92. The minimum atomic E-state index is -5.08. The summed E-state index contributed by atoms with van der Waals surface area (Å²) in [6, 6.07) is 2.14. The van der Waals surface area contributed by atoms with Gasteiger partial charge in [-0.3, -0.25) is 4.68 Å². The standard InChI is InChI=1S/C15H21N3O2S.C2HF3O2/c1-19-6-4-18-10-13-2-5-20-14(15(13)17-18)9-16-8-12-3-7-21-11-12;3-2(4,5)1(6)7/h3,7,10-11,14,16H,2,4-6,8-9H2,1H3;(H,6,7). The minimum absolute atomic E-state index is 0.0520. The molecular weight excluding hydrogens is 399 g/mol. The number of halogens is 3. The molecule has 2 aromatic rings. The Hall–Kier alpha value is -1.95. The van der Waals surface area contributed by atoms with E-state index in [0.717, 1.165) is 38.4 Å². The molecule has 1 atom stereocenters. The SMILES string of the molecule is COCCn1cc2c(n1)C(CNCc1ccsc1)OCC2.O=C(O)C(F)(F)F. The van der Waals surface area contributed by atoms with Crippen LogP contribution >= 0.6 is 11.3 Å². The van der Waals surface area contributed by atoms with E-state index in [0.29, 0.717) is 6.61 Å². The second-order valence-corrected chi connectivity index (χ2v) is 6.75. The van der Waals surface area contributed by atoms with Crippen LogP contribution in [0.5, 0.6) is 0 Å². The molecule has 3 rings (SSSR count). The molecule has 0 bridgehead atoms. The Labute approximate surface area is 164 Å². The van der Waals surface area contributed by atoms with Crippen molar-refractivity contribution >= 4 is 17.3 Å². The average Bonchev–Trinajstić information content (AvgIpc) is 3.29. The van der Waals surface area contributed by atoms with Gasteiger partial charge in [0.05, 0.1) is 25.5 Å². The van der Waals surface area contributed by atoms with E-state index in [4.69, 9.17) is 19.4 Å². The Bertz CT molecular complexity index is 735. The van der Waals surface area contributed by atoms with Crippen LogP contribution in [0.25, 0.3) is 0 Å². The lowest BCUT2D eigenvalue weighted by Gasteiger charge is -2.22. The number of ether oxygens (including phenoxy) is 2. The molecule has 1 aliphatic rings. The van der Waals surface area contributed by atoms with Gasteiger partial charge in [0.15, 0.2) is 0 Å². The zero-order chi connectivity index (χ0) is 20.6. The normalized spacial score (nSPS) is 16.2. The van der Waals surface area contributed by atoms with E-state index in [9.17, 15) is 13.2 Å². The number of thiophene rings is 1. The lowest BCUT2D eigenvalue weighted by atomic mass is 10.1. The van der Waals surface area contributed by atoms with Crippen molar-refractivity contribution < 1.29 is 32.5 Å². The number of hydrogen-bond donors (Lipinski definition) is 2. The van der Waals surface area contributed by atoms with Crippen molar-refractivity contribution in [2.24, 2.45) is 0 Å². The summed E-state index contributed by atoms with van der Waals surface area (Å²) in [4.78, 5) is 8.90. The third-order valence-electron chi connectivity index (χ3n) is 3.87. The molecule has 7 nitrogen and oxygen atoms in total. The molecule has 0 saturated carbocycles. The van der Waals surface area contributed by atoms with Crippen molar-refractivity contribution in [3.8, 4) is 0 Å². The molecule has 0 amide bonds. The number of aromatic nitrogens is 2. The molecule has 156 valence electrons. The van der Waals surface area contributed by atoms with Gasteiger partial charge in [-0.1, -0.05) is 0 Å². The summed E-state index contributed by atoms with van der Waals surface area (Å²) < 4.78 is 44.7. The summed E-state index contributed by atoms with van der Waals surface area (Å²) >= 11 is 1.73. The van der Waals surface area contributed by atoms with Crippen molar-refractivity contribution in [1.29, 1.82) is 0 Å². The number of nitrogens with one attached hydrogen (secondary N) is 1. The van der Waals surface area contributed by atoms with E-state index in [1.54, 1.807) is 18.4 Å². The number of carboxylic acid groups (broad SMARTS) is 1. The van der Waals surface area contributed by atoms with Crippen molar-refractivity contribution in [3.05, 3.63) is 39.8 Å². The first-order chi connectivity index (χ1) is 13.3. The van der Waals surface area contributed by atoms with E-state index in [-0.39, 0.29) is 6.10 Å². The summed E-state index contributed by atoms with van der Waals surface area (Å²) in [5, 5.41) is 19.5. The summed E-state index contributed by atoms with van der Waals surface area (Å²) in [5.41, 5.74) is 3.71. The molecule has 2 N–H and O–H groups in total. The number of alkyl halides is 3. The highest BCUT2D eigenvalue weighted by Gasteiger charge is 2.38. The number of rotatable bonds is 7. The van der Waals surface area contributed by atoms with Gasteiger partial charge in [-0.2, -0.15) is 29.6 Å². The van der Waals surface area contributed by atoms with Crippen LogP contribution in [0, 0.1) is 0 Å². The number of methoxy groups -OCH3 is 1. The fraction of sp³-hybridized carbons (Fsp3) is 0.529. The average molecular weight is 421 g/mol. The third kappa shape index (κ3) is 6.89. The van der Waals surface area contributed by atoms with E-state index in [1.807, 2.05) is 4.68 Å². The second kappa shape index (κ2) is 10.6. The first kappa shape index (κ1) is 22.3. The van der Waals surface area contributed by atoms with Gasteiger partial charge in [-0.05, 0) is 34.4 Å². The van der Waals surface area contributed by atoms with Crippen LogP contribution in [0.4, 0.5) is 13.2 Å². The van der Waals surface area contributed by atoms with Gasteiger partial charge in [0.25, 0.3) is 0 Å². The van der Waals surface area contributed by atoms with Crippen LogP contribution < -0.4 is 5.32 Å². The molecular formula is C17H22F3N3O4S. The first-order valence-corrected chi connectivity index (χ1v) is 9.44. The molecule has 0 radical (unpaired) electrons. The highest BCUT2D eigenvalue weighted by molar-refractivity contribution is 7.07. The number of carboxylic acids is 1. The molecule has 11 heteroatoms. The first-order valence-electron chi connectivity index (χ1n) is 8.50. The largest absolute Gasteiger partial charge is 0.490 e. The zero-order valence-corrected chi connectivity index (χ0v) is 16.1. The molecule has 0 spiro atoms. The Morgan fingerprint density at radius 1 is 1.54 bits per heavy atom. The van der Waals surface area contributed by atoms with E-state index < -0.39 is 12.1 Å². The van der Waals surface area contributed by atoms with Crippen LogP contribution in [0.1, 0.15) is 22.9 Å². The molecule has 0 aliphatic carbocycles. The van der Waals surface area contributed by atoms with Gasteiger partial charge in [0.2, 0.25) is 0 Å². The smallest absolute Gasteiger partial charge is 0.475 e. The van der Waals surface area contributed by atoms with Crippen LogP contribution in [0.2, 0.25) is 0 Å². The van der Waals surface area contributed by atoms with E-state index >= 15 is 0 Å². The van der Waals surface area contributed by atoms with Gasteiger partial charge in [-0.15, -0.1) is 0 Å². The van der Waals surface area contributed by atoms with Crippen molar-refractivity contribution in [1.82, 2.24) is 15.1 Å². The van der Waals surface area contributed by atoms with Gasteiger partial charge in [0, 0.05) is 26.4 Å². The van der Waals surface area contributed by atoms with Gasteiger partial charge >= 0.3 is 12.1 Å². The van der Waals surface area contributed by atoms with Gasteiger partial charge in [0.1, 0.15) is 6.10 Å². The second-order valence-electron chi connectivity index (χ2n) is 5.97. The molecule has 2 aromatic heterocycles. The van der Waals surface area contributed by atoms with Crippen LogP contribution in [0.15, 0.2) is 23.0 Å². The number of nitrogens with zero attached hydrogens (tertiary/aromatic N) is 2. The Morgan fingerprint density at radius 2 is 2.29 bits per heavy atom. The predicted octanol–water partition coefficient (Wildman–Crippen LogP) is 2.63. The van der Waals surface area contributed by atoms with Crippen LogP contribution in [-0.4, -0.2) is 53.9 Å². The summed E-state index contributed by atoms with van der Waals surface area (Å²) in [5.74, 6) is -2.76. The Balaban J connectivity index is 0.000000345. The lowest BCUT2D eigenvalue weighted by molar-refractivity contribution is -0.192. The maximum atomic E-state index is 10.6. The fourth-order valence-corrected chi connectivity index (χ4v) is 3.20. The topological polar surface area (TPSA) is 85.6 Å². The third-order valence-corrected chi connectivity index (χ3v) is 4.60. The Morgan fingerprint density at radius 3 is 2.89 bits per heavy atom. The number of carbonyl (C=O) groups is 1. The highest BCUT2D eigenvalue weighted by Crippen LogP contribution is 2.25. The number of fused-ring (bicyclic) bond motifs is 1. The molecule has 28 heavy (non-hydrogen) atoms. The van der Waals surface area contributed by atoms with Gasteiger partial charge in [-0.25, -0.2) is 4.79 Å². The highest BCUT2D eigenvalue weighted by atomic mass is 32.1. The van der Waals surface area contributed by atoms with Crippen molar-refractivity contribution in [2.45, 2.75) is 31.8 Å². The zero-order valence-electron chi connectivity index (χ0n) is 15.2. The van der Waals surface area contributed by atoms with Crippen molar-refractivity contribution in [3.63, 3.8) is 0 Å². The number of aliphatic carboxylic acids is 1. The molecule has 3 heterocycles. The molecule has 0 fully saturated rings. The minimum Gasteiger partial charge on any atom is -0.475 e. The van der Waals surface area contributed by atoms with E-state index in [1.165, 1.54) is 11.1 Å². The fourth-order valence-electron chi connectivity index (χ4n) is 2.53. The monoisotopic (exact) mass is 421 g/mol. The van der Waals surface area contributed by atoms with Crippen LogP contribution in [0.3, 0.4) is 0 Å². The summed E-state index contributed by atoms with van der Waals surface area (Å²) in [6.07, 6.45) is -1.96. The predicted molar refractivity (Wildman–Crippen MR) is 96.2 cm³/mol. The van der Waals surface area contributed by atoms with Gasteiger partial charge < -0.3 is 19.9 Å². The maximum absolute atomic E-state index is 10.6. The maximum Gasteiger partial charge on any atom is 0.490 e. The van der Waals surface area contributed by atoms with Crippen molar-refractivity contribution in [2.75, 3.05) is 26.9 Å². The van der Waals surface area contributed by atoms with E-state index in [2.05, 4.69) is 33.4 Å². The summed E-state index contributed by atoms with van der Waals surface area (Å²) in [7, 11) is 1.71. The Kier molecular flexibility index (Phi) is 8.42. The molecule has 0 aromatic carbocycles.